The van der Waals surface area contributed by atoms with Gasteiger partial charge >= 0.3 is 0 Å². The minimum atomic E-state index is -3.25. The van der Waals surface area contributed by atoms with Crippen molar-refractivity contribution in [3.8, 4) is 0 Å². The number of fused-ring (bicyclic) bond motifs is 2. The Labute approximate surface area is 206 Å². The SMILES string of the molecule is CC(NC(=O)c1c(N)nn2cccnc12)c1cc(Cl)c2ccnn2c1N1CCS(=O)(=O)C(C)(C)C1. The summed E-state index contributed by atoms with van der Waals surface area (Å²) < 4.78 is 27.4. The summed E-state index contributed by atoms with van der Waals surface area (Å²) >= 11 is 6.57. The van der Waals surface area contributed by atoms with E-state index < -0.39 is 26.5 Å². The Kier molecular flexibility index (Phi) is 5.40. The van der Waals surface area contributed by atoms with E-state index in [0.29, 0.717) is 34.1 Å². The van der Waals surface area contributed by atoms with Crippen LogP contribution in [0.15, 0.2) is 36.8 Å². The molecule has 5 heterocycles. The lowest BCUT2D eigenvalue weighted by Crippen LogP contribution is -2.53. The molecule has 1 saturated heterocycles. The average Bonchev–Trinajstić information content (AvgIpc) is 3.40. The maximum absolute atomic E-state index is 13.3. The van der Waals surface area contributed by atoms with Crippen molar-refractivity contribution in [3.63, 3.8) is 0 Å². The van der Waals surface area contributed by atoms with Gasteiger partial charge in [-0.15, -0.1) is 5.10 Å². The fourth-order valence-corrected chi connectivity index (χ4v) is 6.10. The summed E-state index contributed by atoms with van der Waals surface area (Å²) in [6.45, 7) is 5.82. The molecule has 1 amide bonds. The number of nitrogens with zero attached hydrogens (tertiary/aromatic N) is 6. The van der Waals surface area contributed by atoms with Crippen molar-refractivity contribution in [2.45, 2.75) is 31.6 Å². The first-order valence-electron chi connectivity index (χ1n) is 11.0. The Morgan fingerprint density at radius 3 is 2.83 bits per heavy atom. The largest absolute Gasteiger partial charge is 0.381 e. The molecule has 1 atom stereocenters. The monoisotopic (exact) mass is 516 g/mol. The first-order valence-corrected chi connectivity index (χ1v) is 13.1. The third-order valence-electron chi connectivity index (χ3n) is 6.44. The van der Waals surface area contributed by atoms with E-state index in [0.717, 1.165) is 0 Å². The Hall–Kier alpha value is -3.38. The minimum absolute atomic E-state index is 0.0101. The molecule has 0 bridgehead atoms. The number of halogens is 1. The van der Waals surface area contributed by atoms with E-state index in [9.17, 15) is 13.2 Å². The molecule has 0 aromatic carbocycles. The van der Waals surface area contributed by atoms with Crippen LogP contribution in [0, 0.1) is 0 Å². The Balaban J connectivity index is 1.56. The second kappa shape index (κ2) is 8.09. The molecule has 11 nitrogen and oxygen atoms in total. The first-order chi connectivity index (χ1) is 16.5. The standard InChI is InChI=1S/C22H25ClN8O3S/c1-13(27-20(32)17-18(24)28-30-8-4-6-25-19(17)30)14-11-15(23)16-5-7-26-31(16)21(14)29-9-10-35(33,34)22(2,3)12-29/h4-8,11,13H,9-10,12H2,1-3H3,(H2,24,28)(H,27,32). The van der Waals surface area contributed by atoms with Gasteiger partial charge in [-0.25, -0.2) is 22.4 Å². The highest BCUT2D eigenvalue weighted by atomic mass is 35.5. The molecule has 184 valence electrons. The lowest BCUT2D eigenvalue weighted by Gasteiger charge is -2.40. The van der Waals surface area contributed by atoms with Crippen molar-refractivity contribution in [3.05, 3.63) is 52.9 Å². The molecular formula is C22H25ClN8O3S. The summed E-state index contributed by atoms with van der Waals surface area (Å²) in [4.78, 5) is 19.5. The van der Waals surface area contributed by atoms with Gasteiger partial charge in [0.1, 0.15) is 11.4 Å². The molecule has 1 aliphatic rings. The summed E-state index contributed by atoms with van der Waals surface area (Å²) in [5.41, 5.74) is 7.92. The lowest BCUT2D eigenvalue weighted by atomic mass is 10.1. The van der Waals surface area contributed by atoms with Crippen LogP contribution in [0.3, 0.4) is 0 Å². The second-order valence-electron chi connectivity index (χ2n) is 9.24. The van der Waals surface area contributed by atoms with Crippen LogP contribution in [0.25, 0.3) is 11.2 Å². The molecule has 0 saturated carbocycles. The van der Waals surface area contributed by atoms with Crippen molar-refractivity contribution in [2.24, 2.45) is 0 Å². The van der Waals surface area contributed by atoms with Crippen molar-refractivity contribution in [2.75, 3.05) is 29.5 Å². The molecule has 4 aromatic heterocycles. The number of carbonyl (C=O) groups excluding carboxylic acids is 1. The van der Waals surface area contributed by atoms with E-state index in [2.05, 4.69) is 20.5 Å². The van der Waals surface area contributed by atoms with Crippen molar-refractivity contribution in [1.29, 1.82) is 0 Å². The first kappa shape index (κ1) is 23.4. The number of sulfone groups is 1. The van der Waals surface area contributed by atoms with Crippen LogP contribution in [0.5, 0.6) is 0 Å². The number of hydrogen-bond donors (Lipinski definition) is 2. The van der Waals surface area contributed by atoms with Gasteiger partial charge in [0.2, 0.25) is 0 Å². The van der Waals surface area contributed by atoms with E-state index in [1.807, 2.05) is 11.8 Å². The number of carbonyl (C=O) groups is 1. The maximum atomic E-state index is 13.3. The minimum Gasteiger partial charge on any atom is -0.381 e. The molecule has 1 unspecified atom stereocenters. The van der Waals surface area contributed by atoms with E-state index in [1.54, 1.807) is 55.2 Å². The van der Waals surface area contributed by atoms with Gasteiger partial charge in [0, 0.05) is 31.0 Å². The number of rotatable bonds is 4. The fraction of sp³-hybridized carbons (Fsp3) is 0.364. The van der Waals surface area contributed by atoms with Crippen LogP contribution >= 0.6 is 11.6 Å². The van der Waals surface area contributed by atoms with Gasteiger partial charge in [0.05, 0.1) is 33.3 Å². The van der Waals surface area contributed by atoms with Crippen LogP contribution in [0.2, 0.25) is 5.02 Å². The highest BCUT2D eigenvalue weighted by molar-refractivity contribution is 7.92. The number of amides is 1. The van der Waals surface area contributed by atoms with E-state index in [-0.39, 0.29) is 23.7 Å². The van der Waals surface area contributed by atoms with Gasteiger partial charge in [-0.1, -0.05) is 11.6 Å². The molecule has 3 N–H and O–H groups in total. The number of nitrogen functional groups attached to an aromatic ring is 1. The van der Waals surface area contributed by atoms with Crippen molar-refractivity contribution < 1.29 is 13.2 Å². The fourth-order valence-electron chi connectivity index (χ4n) is 4.48. The Bertz CT molecular complexity index is 1580. The zero-order valence-corrected chi connectivity index (χ0v) is 21.0. The number of aromatic nitrogens is 5. The number of nitrogens with two attached hydrogens (primary N) is 1. The normalized spacial score (nSPS) is 18.1. The predicted molar refractivity (Wildman–Crippen MR) is 134 cm³/mol. The third-order valence-corrected chi connectivity index (χ3v) is 9.27. The number of nitrogens with one attached hydrogen (secondary N) is 1. The molecule has 13 heteroatoms. The summed E-state index contributed by atoms with van der Waals surface area (Å²) in [6.07, 6.45) is 4.86. The van der Waals surface area contributed by atoms with Crippen LogP contribution in [0.1, 0.15) is 42.7 Å². The molecule has 5 rings (SSSR count). The second-order valence-corrected chi connectivity index (χ2v) is 12.4. The number of pyridine rings is 1. The Morgan fingerprint density at radius 2 is 2.09 bits per heavy atom. The number of anilines is 2. The predicted octanol–water partition coefficient (Wildman–Crippen LogP) is 2.12. The molecule has 0 aliphatic carbocycles. The highest BCUT2D eigenvalue weighted by Crippen LogP contribution is 2.36. The van der Waals surface area contributed by atoms with Crippen LogP contribution < -0.4 is 16.0 Å². The maximum Gasteiger partial charge on any atom is 0.259 e. The molecule has 4 aromatic rings. The van der Waals surface area contributed by atoms with Gasteiger partial charge < -0.3 is 16.0 Å². The van der Waals surface area contributed by atoms with Gasteiger partial charge in [-0.05, 0) is 39.0 Å². The summed E-state index contributed by atoms with van der Waals surface area (Å²) in [5, 5.41) is 12.0. The smallest absolute Gasteiger partial charge is 0.259 e. The summed E-state index contributed by atoms with van der Waals surface area (Å²) in [6, 6.07) is 4.74. The summed E-state index contributed by atoms with van der Waals surface area (Å²) in [7, 11) is -3.25. The summed E-state index contributed by atoms with van der Waals surface area (Å²) in [5.74, 6) is 0.317. The zero-order chi connectivity index (χ0) is 25.1. The number of hydrogen-bond acceptors (Lipinski definition) is 8. The lowest BCUT2D eigenvalue weighted by molar-refractivity contribution is 0.0942. The van der Waals surface area contributed by atoms with E-state index in [1.165, 1.54) is 4.52 Å². The Morgan fingerprint density at radius 1 is 1.31 bits per heavy atom. The average molecular weight is 517 g/mol. The van der Waals surface area contributed by atoms with Crippen LogP contribution in [0.4, 0.5) is 11.6 Å². The van der Waals surface area contributed by atoms with E-state index in [4.69, 9.17) is 17.3 Å². The molecule has 35 heavy (non-hydrogen) atoms. The van der Waals surface area contributed by atoms with Crippen LogP contribution in [-0.2, 0) is 9.84 Å². The molecule has 1 aliphatic heterocycles. The van der Waals surface area contributed by atoms with Crippen molar-refractivity contribution >= 4 is 50.1 Å². The molecule has 1 fully saturated rings. The van der Waals surface area contributed by atoms with Crippen molar-refractivity contribution in [1.82, 2.24) is 29.5 Å². The van der Waals surface area contributed by atoms with Gasteiger partial charge in [-0.3, -0.25) is 4.79 Å². The van der Waals surface area contributed by atoms with E-state index >= 15 is 0 Å². The molecule has 0 radical (unpaired) electrons. The van der Waals surface area contributed by atoms with Gasteiger partial charge in [0.25, 0.3) is 5.91 Å². The quantitative estimate of drug-likeness (QED) is 0.420. The molecule has 0 spiro atoms. The topological polar surface area (TPSA) is 140 Å². The third kappa shape index (κ3) is 3.76. The van der Waals surface area contributed by atoms with Crippen LogP contribution in [-0.4, -0.2) is 62.1 Å². The molecular weight excluding hydrogens is 492 g/mol. The highest BCUT2D eigenvalue weighted by Gasteiger charge is 2.41. The zero-order valence-electron chi connectivity index (χ0n) is 19.4. The van der Waals surface area contributed by atoms with Gasteiger partial charge in [-0.2, -0.15) is 5.10 Å². The van der Waals surface area contributed by atoms with Gasteiger partial charge in [0.15, 0.2) is 21.3 Å².